The minimum absolute atomic E-state index is 0.136. The van der Waals surface area contributed by atoms with Crippen LogP contribution in [-0.4, -0.2) is 26.0 Å². The number of fused-ring (bicyclic) bond motifs is 2. The fraction of sp³-hybridized carbons (Fsp3) is 0.172. The van der Waals surface area contributed by atoms with Gasteiger partial charge in [-0.05, 0) is 42.3 Å². The molecule has 1 aliphatic carbocycles. The molecule has 182 valence electrons. The van der Waals surface area contributed by atoms with Crippen molar-refractivity contribution in [2.45, 2.75) is 19.4 Å². The number of nitrogens with one attached hydrogen (secondary N) is 1. The van der Waals surface area contributed by atoms with E-state index in [0.29, 0.717) is 45.2 Å². The van der Waals surface area contributed by atoms with Gasteiger partial charge in [-0.15, -0.1) is 0 Å². The molecule has 1 N–H and O–H groups in total. The van der Waals surface area contributed by atoms with Gasteiger partial charge in [-0.25, -0.2) is 9.18 Å². The number of hydrogen-bond donors (Lipinski definition) is 1. The number of carbonyl (C=O) groups is 2. The summed E-state index contributed by atoms with van der Waals surface area (Å²) in [5, 5.41) is 3.27. The second-order valence-electron chi connectivity index (χ2n) is 8.58. The fourth-order valence-electron chi connectivity index (χ4n) is 4.77. The van der Waals surface area contributed by atoms with E-state index in [0.717, 1.165) is 11.1 Å². The van der Waals surface area contributed by atoms with Gasteiger partial charge < -0.3 is 19.5 Å². The van der Waals surface area contributed by atoms with Crippen molar-refractivity contribution in [1.29, 1.82) is 0 Å². The highest BCUT2D eigenvalue weighted by molar-refractivity contribution is 6.23. The number of ketones is 1. The third-order valence-electron chi connectivity index (χ3n) is 6.48. The van der Waals surface area contributed by atoms with Crippen LogP contribution in [0.3, 0.4) is 0 Å². The summed E-state index contributed by atoms with van der Waals surface area (Å²) >= 11 is 0. The average molecular weight is 486 g/mol. The summed E-state index contributed by atoms with van der Waals surface area (Å²) in [6.07, 6.45) is 0. The van der Waals surface area contributed by atoms with Gasteiger partial charge in [0.15, 0.2) is 17.3 Å². The number of dihydropyridines is 1. The number of methoxy groups -OCH3 is 2. The van der Waals surface area contributed by atoms with Gasteiger partial charge in [0.25, 0.3) is 0 Å². The number of halogens is 1. The lowest BCUT2D eigenvalue weighted by molar-refractivity contribution is -0.136. The number of hydrogen-bond acceptors (Lipinski definition) is 6. The number of benzene rings is 3. The standard InChI is InChI=1S/C29H24FNO5/c1-16-24(29(33)35-3)25(26-27(31-16)20-6-4-5-7-21(20)28(26)32)18-10-13-22(23(14-18)34-2)36-15-17-8-11-19(30)12-9-17/h4-14,25,31H,15H2,1-3H3/t25-/m0/s1. The van der Waals surface area contributed by atoms with Gasteiger partial charge in [-0.2, -0.15) is 0 Å². The van der Waals surface area contributed by atoms with E-state index in [9.17, 15) is 14.0 Å². The second-order valence-corrected chi connectivity index (χ2v) is 8.58. The summed E-state index contributed by atoms with van der Waals surface area (Å²) in [7, 11) is 2.84. The highest BCUT2D eigenvalue weighted by Gasteiger charge is 2.43. The SMILES string of the molecule is COC(=O)C1=C(C)NC2=C(C(=O)c3ccccc32)[C@H]1c1ccc(OCc2ccc(F)cc2)c(OC)c1. The van der Waals surface area contributed by atoms with Crippen LogP contribution < -0.4 is 14.8 Å². The number of Topliss-reactive ketones (excluding diaryl/α,β-unsaturated/α-hetero) is 1. The molecule has 3 aromatic carbocycles. The minimum Gasteiger partial charge on any atom is -0.493 e. The molecule has 5 rings (SSSR count). The Morgan fingerprint density at radius 2 is 1.69 bits per heavy atom. The van der Waals surface area contributed by atoms with Crippen molar-refractivity contribution >= 4 is 17.4 Å². The van der Waals surface area contributed by atoms with E-state index in [1.165, 1.54) is 26.4 Å². The normalized spacial score (nSPS) is 16.3. The first-order valence-electron chi connectivity index (χ1n) is 11.4. The lowest BCUT2D eigenvalue weighted by atomic mass is 9.79. The van der Waals surface area contributed by atoms with Gasteiger partial charge in [0.2, 0.25) is 0 Å². The van der Waals surface area contributed by atoms with Crippen molar-refractivity contribution in [3.63, 3.8) is 0 Å². The highest BCUT2D eigenvalue weighted by atomic mass is 19.1. The van der Waals surface area contributed by atoms with Gasteiger partial charge in [-0.1, -0.05) is 42.5 Å². The maximum atomic E-state index is 13.5. The number of ether oxygens (including phenoxy) is 3. The predicted molar refractivity (Wildman–Crippen MR) is 132 cm³/mol. The quantitative estimate of drug-likeness (QED) is 0.487. The molecule has 0 amide bonds. The van der Waals surface area contributed by atoms with Crippen LogP contribution in [0.4, 0.5) is 4.39 Å². The van der Waals surface area contributed by atoms with Gasteiger partial charge in [0.1, 0.15) is 12.4 Å². The first-order valence-corrected chi connectivity index (χ1v) is 11.4. The molecule has 0 unspecified atom stereocenters. The average Bonchev–Trinajstić information content (AvgIpc) is 3.18. The van der Waals surface area contributed by atoms with Crippen LogP contribution in [0.25, 0.3) is 5.70 Å². The van der Waals surface area contributed by atoms with Crippen molar-refractivity contribution in [2.24, 2.45) is 0 Å². The van der Waals surface area contributed by atoms with Crippen molar-refractivity contribution in [3.05, 3.63) is 112 Å². The Morgan fingerprint density at radius 3 is 2.39 bits per heavy atom. The third kappa shape index (κ3) is 3.92. The molecule has 6 nitrogen and oxygen atoms in total. The first-order chi connectivity index (χ1) is 17.4. The predicted octanol–water partition coefficient (Wildman–Crippen LogP) is 5.15. The third-order valence-corrected chi connectivity index (χ3v) is 6.48. The first kappa shape index (κ1) is 23.4. The summed E-state index contributed by atoms with van der Waals surface area (Å²) < 4.78 is 29.8. The van der Waals surface area contributed by atoms with Crippen LogP contribution >= 0.6 is 0 Å². The Kier molecular flexibility index (Phi) is 6.06. The van der Waals surface area contributed by atoms with Gasteiger partial charge in [-0.3, -0.25) is 4.79 Å². The zero-order valence-electron chi connectivity index (χ0n) is 20.1. The lowest BCUT2D eigenvalue weighted by Crippen LogP contribution is -2.29. The molecule has 0 bridgehead atoms. The van der Waals surface area contributed by atoms with Crippen LogP contribution in [0.1, 0.15) is 39.9 Å². The van der Waals surface area contributed by atoms with Crippen LogP contribution in [0.5, 0.6) is 11.5 Å². The Labute approximate surface area is 208 Å². The zero-order chi connectivity index (χ0) is 25.4. The molecule has 0 spiro atoms. The summed E-state index contributed by atoms with van der Waals surface area (Å²) in [5.74, 6) is -0.702. The number of esters is 1. The van der Waals surface area contributed by atoms with E-state index in [2.05, 4.69) is 5.32 Å². The van der Waals surface area contributed by atoms with Crippen molar-refractivity contribution in [3.8, 4) is 11.5 Å². The molecule has 0 saturated heterocycles. The van der Waals surface area contributed by atoms with Gasteiger partial charge in [0.05, 0.1) is 25.5 Å². The zero-order valence-corrected chi connectivity index (χ0v) is 20.1. The molecule has 36 heavy (non-hydrogen) atoms. The molecule has 0 radical (unpaired) electrons. The van der Waals surface area contributed by atoms with Gasteiger partial charge in [0, 0.05) is 28.3 Å². The maximum Gasteiger partial charge on any atom is 0.336 e. The lowest BCUT2D eigenvalue weighted by Gasteiger charge is -2.29. The van der Waals surface area contributed by atoms with Crippen LogP contribution in [-0.2, 0) is 16.1 Å². The Bertz CT molecular complexity index is 1440. The molecule has 0 aromatic heterocycles. The Balaban J connectivity index is 1.56. The Hall–Kier alpha value is -4.39. The van der Waals surface area contributed by atoms with Crippen molar-refractivity contribution in [2.75, 3.05) is 14.2 Å². The van der Waals surface area contributed by atoms with Crippen LogP contribution in [0.15, 0.2) is 83.6 Å². The molecule has 1 atom stereocenters. The summed E-state index contributed by atoms with van der Waals surface area (Å²) in [4.78, 5) is 26.4. The topological polar surface area (TPSA) is 73.9 Å². The Morgan fingerprint density at radius 1 is 0.972 bits per heavy atom. The summed E-state index contributed by atoms with van der Waals surface area (Å²) in [5.41, 5.74) is 5.05. The molecular formula is C29H24FNO5. The van der Waals surface area contributed by atoms with E-state index in [-0.39, 0.29) is 18.2 Å². The minimum atomic E-state index is -0.659. The number of allylic oxidation sites excluding steroid dienone is 2. The van der Waals surface area contributed by atoms with E-state index in [4.69, 9.17) is 14.2 Å². The number of rotatable bonds is 6. The highest BCUT2D eigenvalue weighted by Crippen LogP contribution is 2.47. The fourth-order valence-corrected chi connectivity index (χ4v) is 4.77. The monoisotopic (exact) mass is 485 g/mol. The second kappa shape index (κ2) is 9.34. The molecule has 1 heterocycles. The molecule has 3 aromatic rings. The molecule has 7 heteroatoms. The smallest absolute Gasteiger partial charge is 0.336 e. The van der Waals surface area contributed by atoms with E-state index < -0.39 is 11.9 Å². The molecule has 1 aliphatic heterocycles. The van der Waals surface area contributed by atoms with Crippen LogP contribution in [0, 0.1) is 5.82 Å². The van der Waals surface area contributed by atoms with Crippen LogP contribution in [0.2, 0.25) is 0 Å². The van der Waals surface area contributed by atoms with Crippen molar-refractivity contribution in [1.82, 2.24) is 5.32 Å². The van der Waals surface area contributed by atoms with E-state index in [1.54, 1.807) is 37.3 Å². The molecule has 0 saturated carbocycles. The maximum absolute atomic E-state index is 13.5. The van der Waals surface area contributed by atoms with E-state index in [1.807, 2.05) is 24.3 Å². The van der Waals surface area contributed by atoms with Crippen molar-refractivity contribution < 1.29 is 28.2 Å². The largest absolute Gasteiger partial charge is 0.493 e. The van der Waals surface area contributed by atoms with E-state index >= 15 is 0 Å². The number of carbonyl (C=O) groups excluding carboxylic acids is 2. The molecule has 2 aliphatic rings. The summed E-state index contributed by atoms with van der Waals surface area (Å²) in [6.45, 7) is 2.02. The molecule has 0 fully saturated rings. The van der Waals surface area contributed by atoms with Gasteiger partial charge >= 0.3 is 5.97 Å². The molecular weight excluding hydrogens is 461 g/mol. The summed E-state index contributed by atoms with van der Waals surface area (Å²) in [6, 6.07) is 18.8.